The molecule has 0 spiro atoms. The van der Waals surface area contributed by atoms with Crippen LogP contribution in [0, 0.1) is 24.4 Å². The standard InChI is InChI=1S/C12H10ClF3N2/c1-3-8-6(2)17-18(12(8)13)7-4-9(14)11(16)10(15)5-7/h4-5H,3H2,1-2H3. The highest BCUT2D eigenvalue weighted by Gasteiger charge is 2.17. The van der Waals surface area contributed by atoms with Crippen LogP contribution in [0.15, 0.2) is 12.1 Å². The molecule has 96 valence electrons. The van der Waals surface area contributed by atoms with E-state index in [1.54, 1.807) is 6.92 Å². The van der Waals surface area contributed by atoms with Crippen molar-refractivity contribution in [2.24, 2.45) is 0 Å². The summed E-state index contributed by atoms with van der Waals surface area (Å²) < 4.78 is 40.4. The number of hydrogen-bond acceptors (Lipinski definition) is 1. The van der Waals surface area contributed by atoms with Crippen LogP contribution in [0.2, 0.25) is 5.15 Å². The molecule has 0 fully saturated rings. The van der Waals surface area contributed by atoms with Gasteiger partial charge in [-0.25, -0.2) is 17.9 Å². The number of hydrogen-bond donors (Lipinski definition) is 0. The van der Waals surface area contributed by atoms with Crippen molar-refractivity contribution in [2.75, 3.05) is 0 Å². The first-order chi connectivity index (χ1) is 8.45. The van der Waals surface area contributed by atoms with E-state index in [0.29, 0.717) is 12.1 Å². The van der Waals surface area contributed by atoms with E-state index in [1.165, 1.54) is 4.68 Å². The molecule has 0 N–H and O–H groups in total. The Morgan fingerprint density at radius 3 is 2.22 bits per heavy atom. The zero-order valence-electron chi connectivity index (χ0n) is 9.77. The summed E-state index contributed by atoms with van der Waals surface area (Å²) >= 11 is 6.07. The fraction of sp³-hybridized carbons (Fsp3) is 0.250. The minimum atomic E-state index is -1.51. The number of nitrogens with zero attached hydrogens (tertiary/aromatic N) is 2. The van der Waals surface area contributed by atoms with Crippen molar-refractivity contribution < 1.29 is 13.2 Å². The molecular weight excluding hydrogens is 265 g/mol. The predicted octanol–water partition coefficient (Wildman–Crippen LogP) is 3.81. The average Bonchev–Trinajstić information content (AvgIpc) is 2.60. The van der Waals surface area contributed by atoms with Crippen molar-refractivity contribution >= 4 is 11.6 Å². The lowest BCUT2D eigenvalue weighted by Gasteiger charge is -2.05. The Labute approximate surface area is 107 Å². The first kappa shape index (κ1) is 13.0. The van der Waals surface area contributed by atoms with Gasteiger partial charge in [0.05, 0.1) is 11.4 Å². The van der Waals surface area contributed by atoms with Crippen molar-refractivity contribution in [2.45, 2.75) is 20.3 Å². The SMILES string of the molecule is CCc1c(C)nn(-c2cc(F)c(F)c(F)c2)c1Cl. The van der Waals surface area contributed by atoms with E-state index in [-0.39, 0.29) is 10.8 Å². The topological polar surface area (TPSA) is 17.8 Å². The average molecular weight is 275 g/mol. The van der Waals surface area contributed by atoms with Crippen LogP contribution in [0.4, 0.5) is 13.2 Å². The van der Waals surface area contributed by atoms with Gasteiger partial charge in [0.2, 0.25) is 0 Å². The maximum absolute atomic E-state index is 13.1. The van der Waals surface area contributed by atoms with Gasteiger partial charge in [-0.05, 0) is 13.3 Å². The van der Waals surface area contributed by atoms with Crippen molar-refractivity contribution in [3.8, 4) is 5.69 Å². The van der Waals surface area contributed by atoms with Crippen LogP contribution in [-0.4, -0.2) is 9.78 Å². The van der Waals surface area contributed by atoms with Gasteiger partial charge < -0.3 is 0 Å². The van der Waals surface area contributed by atoms with Gasteiger partial charge in [0.15, 0.2) is 17.5 Å². The van der Waals surface area contributed by atoms with E-state index in [2.05, 4.69) is 5.10 Å². The summed E-state index contributed by atoms with van der Waals surface area (Å²) in [6.07, 6.45) is 0.650. The molecule has 6 heteroatoms. The molecule has 0 aliphatic heterocycles. The van der Waals surface area contributed by atoms with E-state index in [9.17, 15) is 13.2 Å². The van der Waals surface area contributed by atoms with E-state index in [4.69, 9.17) is 11.6 Å². The van der Waals surface area contributed by atoms with Crippen LogP contribution in [0.25, 0.3) is 5.69 Å². The Hall–Kier alpha value is -1.49. The minimum absolute atomic E-state index is 0.0548. The second kappa shape index (κ2) is 4.65. The minimum Gasteiger partial charge on any atom is -0.221 e. The quantitative estimate of drug-likeness (QED) is 0.762. The fourth-order valence-corrected chi connectivity index (χ4v) is 2.17. The Morgan fingerprint density at radius 2 is 1.78 bits per heavy atom. The summed E-state index contributed by atoms with van der Waals surface area (Å²) in [5.41, 5.74) is 1.52. The Morgan fingerprint density at radius 1 is 1.22 bits per heavy atom. The highest BCUT2D eigenvalue weighted by Crippen LogP contribution is 2.25. The van der Waals surface area contributed by atoms with E-state index >= 15 is 0 Å². The van der Waals surface area contributed by atoms with Crippen molar-refractivity contribution in [1.29, 1.82) is 0 Å². The van der Waals surface area contributed by atoms with Crippen molar-refractivity contribution in [3.63, 3.8) is 0 Å². The van der Waals surface area contributed by atoms with Gasteiger partial charge >= 0.3 is 0 Å². The molecule has 0 saturated heterocycles. The second-order valence-electron chi connectivity index (χ2n) is 3.84. The summed E-state index contributed by atoms with van der Waals surface area (Å²) in [5, 5.41) is 4.37. The van der Waals surface area contributed by atoms with Gasteiger partial charge in [0, 0.05) is 17.7 Å². The number of aryl methyl sites for hydroxylation is 1. The van der Waals surface area contributed by atoms with E-state index < -0.39 is 17.5 Å². The molecule has 0 aliphatic carbocycles. The Kier molecular flexibility index (Phi) is 3.34. The van der Waals surface area contributed by atoms with Gasteiger partial charge in [0.25, 0.3) is 0 Å². The van der Waals surface area contributed by atoms with Crippen LogP contribution >= 0.6 is 11.6 Å². The maximum Gasteiger partial charge on any atom is 0.194 e. The van der Waals surface area contributed by atoms with Crippen LogP contribution in [0.1, 0.15) is 18.2 Å². The largest absolute Gasteiger partial charge is 0.221 e. The summed E-state index contributed by atoms with van der Waals surface area (Å²) in [6.45, 7) is 3.64. The molecule has 0 aliphatic rings. The summed E-state index contributed by atoms with van der Waals surface area (Å²) in [7, 11) is 0. The number of halogens is 4. The highest BCUT2D eigenvalue weighted by atomic mass is 35.5. The molecule has 0 amide bonds. The monoisotopic (exact) mass is 274 g/mol. The van der Waals surface area contributed by atoms with Crippen LogP contribution in [0.3, 0.4) is 0 Å². The third kappa shape index (κ3) is 1.99. The van der Waals surface area contributed by atoms with Crippen LogP contribution in [-0.2, 0) is 6.42 Å². The lowest BCUT2D eigenvalue weighted by atomic mass is 10.2. The maximum atomic E-state index is 13.1. The third-order valence-corrected chi connectivity index (χ3v) is 3.08. The van der Waals surface area contributed by atoms with Crippen molar-refractivity contribution in [1.82, 2.24) is 9.78 Å². The van der Waals surface area contributed by atoms with Gasteiger partial charge in [-0.2, -0.15) is 5.10 Å². The summed E-state index contributed by atoms with van der Waals surface area (Å²) in [5.74, 6) is -4.05. The van der Waals surface area contributed by atoms with Crippen LogP contribution < -0.4 is 0 Å². The number of benzene rings is 1. The lowest BCUT2D eigenvalue weighted by molar-refractivity contribution is 0.446. The molecule has 0 saturated carbocycles. The molecule has 0 radical (unpaired) electrons. The molecular formula is C12H10ClF3N2. The Balaban J connectivity index is 2.63. The number of rotatable bonds is 2. The molecule has 2 nitrogen and oxygen atoms in total. The normalized spacial score (nSPS) is 11.0. The summed E-state index contributed by atoms with van der Waals surface area (Å²) in [4.78, 5) is 0. The Bertz CT molecular complexity index is 585. The highest BCUT2D eigenvalue weighted by molar-refractivity contribution is 6.30. The third-order valence-electron chi connectivity index (χ3n) is 2.69. The van der Waals surface area contributed by atoms with Crippen molar-refractivity contribution in [3.05, 3.63) is 46.0 Å². The zero-order valence-corrected chi connectivity index (χ0v) is 10.5. The molecule has 0 unspecified atom stereocenters. The molecule has 1 aromatic heterocycles. The van der Waals surface area contributed by atoms with Crippen LogP contribution in [0.5, 0.6) is 0 Å². The first-order valence-electron chi connectivity index (χ1n) is 5.34. The van der Waals surface area contributed by atoms with Gasteiger partial charge in [-0.3, -0.25) is 0 Å². The van der Waals surface area contributed by atoms with Gasteiger partial charge in [-0.1, -0.05) is 18.5 Å². The summed E-state index contributed by atoms with van der Waals surface area (Å²) in [6, 6.07) is 1.71. The predicted molar refractivity (Wildman–Crippen MR) is 62.6 cm³/mol. The molecule has 0 atom stereocenters. The fourth-order valence-electron chi connectivity index (χ4n) is 1.77. The zero-order chi connectivity index (χ0) is 13.4. The van der Waals surface area contributed by atoms with Gasteiger partial charge in [-0.15, -0.1) is 0 Å². The van der Waals surface area contributed by atoms with E-state index in [0.717, 1.165) is 17.7 Å². The molecule has 1 heterocycles. The molecule has 2 aromatic rings. The number of aromatic nitrogens is 2. The first-order valence-corrected chi connectivity index (χ1v) is 5.72. The lowest BCUT2D eigenvalue weighted by Crippen LogP contribution is -2.01. The molecule has 1 aromatic carbocycles. The second-order valence-corrected chi connectivity index (χ2v) is 4.20. The smallest absolute Gasteiger partial charge is 0.194 e. The molecule has 0 bridgehead atoms. The van der Waals surface area contributed by atoms with Gasteiger partial charge in [0.1, 0.15) is 5.15 Å². The molecule has 2 rings (SSSR count). The van der Waals surface area contributed by atoms with E-state index in [1.807, 2.05) is 6.92 Å². The molecule has 18 heavy (non-hydrogen) atoms.